The zero-order valence-electron chi connectivity index (χ0n) is 12.4. The molecule has 0 bridgehead atoms. The first-order valence-corrected chi connectivity index (χ1v) is 5.89. The summed E-state index contributed by atoms with van der Waals surface area (Å²) in [6, 6.07) is 0. The minimum Gasteiger partial charge on any atom is -0.389 e. The number of aliphatic hydroxyl groups excluding tert-OH is 2. The number of hydrogen-bond acceptors (Lipinski definition) is 5. The van der Waals surface area contributed by atoms with Crippen LogP contribution >= 0.6 is 0 Å². The van der Waals surface area contributed by atoms with Crippen LogP contribution in [0.1, 0.15) is 27.7 Å². The Morgan fingerprint density at radius 1 is 0.824 bits per heavy atom. The lowest BCUT2D eigenvalue weighted by Crippen LogP contribution is -2.63. The van der Waals surface area contributed by atoms with Crippen molar-refractivity contribution >= 4 is 0 Å². The highest BCUT2D eigenvalue weighted by Gasteiger charge is 2.44. The Morgan fingerprint density at radius 3 is 1.18 bits per heavy atom. The maximum absolute atomic E-state index is 9.90. The van der Waals surface area contributed by atoms with Crippen molar-refractivity contribution in [2.24, 2.45) is 0 Å². The molecule has 0 aromatic heterocycles. The number of aliphatic hydroxyl groups is 2. The molecule has 2 N–H and O–H groups in total. The van der Waals surface area contributed by atoms with Crippen LogP contribution in [0.3, 0.4) is 0 Å². The fraction of sp³-hybridized carbons (Fsp3) is 1.00. The second-order valence-corrected chi connectivity index (χ2v) is 5.35. The molecule has 0 saturated heterocycles. The second kappa shape index (κ2) is 5.63. The highest BCUT2D eigenvalue weighted by Crippen LogP contribution is 2.29. The Labute approximate surface area is 105 Å². The van der Waals surface area contributed by atoms with Crippen molar-refractivity contribution in [2.45, 2.75) is 51.4 Å². The maximum Gasteiger partial charge on any atom is 0.146 e. The van der Waals surface area contributed by atoms with Gasteiger partial charge in [0.15, 0.2) is 0 Å². The molecule has 0 fully saturated rings. The van der Waals surface area contributed by atoms with Gasteiger partial charge in [0.2, 0.25) is 0 Å². The number of nitrogens with zero attached hydrogens (tertiary/aromatic N) is 2. The molecular weight excluding hydrogens is 220 g/mol. The third-order valence-corrected chi connectivity index (χ3v) is 3.74. The maximum atomic E-state index is 9.90. The molecule has 0 amide bonds. The predicted molar refractivity (Wildman–Crippen MR) is 68.6 cm³/mol. The summed E-state index contributed by atoms with van der Waals surface area (Å²) >= 11 is 0. The fourth-order valence-corrected chi connectivity index (χ4v) is 1.52. The van der Waals surface area contributed by atoms with Crippen LogP contribution in [-0.2, 0) is 4.74 Å². The first-order valence-electron chi connectivity index (χ1n) is 5.89. The fourth-order valence-electron chi connectivity index (χ4n) is 1.52. The van der Waals surface area contributed by atoms with Gasteiger partial charge in [-0.05, 0) is 55.9 Å². The Kier molecular flexibility index (Phi) is 5.56. The van der Waals surface area contributed by atoms with Crippen LogP contribution in [0.2, 0.25) is 0 Å². The third kappa shape index (κ3) is 3.39. The van der Waals surface area contributed by atoms with E-state index in [0.29, 0.717) is 0 Å². The molecule has 0 radical (unpaired) electrons. The Bertz CT molecular complexity index is 200. The molecule has 0 aliphatic heterocycles. The zero-order valence-corrected chi connectivity index (χ0v) is 12.4. The van der Waals surface area contributed by atoms with Crippen molar-refractivity contribution in [2.75, 3.05) is 28.2 Å². The van der Waals surface area contributed by atoms with Crippen LogP contribution in [0.15, 0.2) is 0 Å². The summed E-state index contributed by atoms with van der Waals surface area (Å²) in [6.45, 7) is 6.97. The quantitative estimate of drug-likeness (QED) is 0.663. The average molecular weight is 248 g/mol. The standard InChI is InChI=1S/C12H28N2O3/c1-9(15)11(3,13(5)6)17-12(4,10(2)16)14(7)8/h9-10,15-16H,1-8H3. The van der Waals surface area contributed by atoms with E-state index in [1.165, 1.54) is 0 Å². The summed E-state index contributed by atoms with van der Waals surface area (Å²) in [5, 5.41) is 19.8. The first kappa shape index (κ1) is 16.8. The molecule has 4 unspecified atom stereocenters. The van der Waals surface area contributed by atoms with E-state index in [4.69, 9.17) is 4.74 Å². The lowest BCUT2D eigenvalue weighted by Gasteiger charge is -2.49. The summed E-state index contributed by atoms with van der Waals surface area (Å²) in [7, 11) is 7.35. The van der Waals surface area contributed by atoms with E-state index in [1.54, 1.807) is 13.8 Å². The average Bonchev–Trinajstić information content (AvgIpc) is 2.15. The van der Waals surface area contributed by atoms with Gasteiger partial charge >= 0.3 is 0 Å². The molecule has 17 heavy (non-hydrogen) atoms. The van der Waals surface area contributed by atoms with E-state index < -0.39 is 23.7 Å². The van der Waals surface area contributed by atoms with E-state index in [0.717, 1.165) is 0 Å². The van der Waals surface area contributed by atoms with Crippen LogP contribution in [0.5, 0.6) is 0 Å². The molecule has 4 atom stereocenters. The van der Waals surface area contributed by atoms with Crippen molar-refractivity contribution in [3.05, 3.63) is 0 Å². The zero-order chi connectivity index (χ0) is 14.0. The summed E-state index contributed by atoms with van der Waals surface area (Å²) in [5.74, 6) is 0. The van der Waals surface area contributed by atoms with Crippen LogP contribution in [-0.4, -0.2) is 71.9 Å². The summed E-state index contributed by atoms with van der Waals surface area (Å²) in [5.41, 5.74) is -1.73. The molecule has 0 rings (SSSR count). The number of ether oxygens (including phenoxy) is 1. The lowest BCUT2D eigenvalue weighted by atomic mass is 10.0. The Balaban J connectivity index is 5.22. The van der Waals surface area contributed by atoms with E-state index in [-0.39, 0.29) is 0 Å². The highest BCUT2D eigenvalue weighted by atomic mass is 16.6. The van der Waals surface area contributed by atoms with Gasteiger partial charge in [-0.25, -0.2) is 0 Å². The van der Waals surface area contributed by atoms with Gasteiger partial charge in [-0.1, -0.05) is 0 Å². The van der Waals surface area contributed by atoms with E-state index in [2.05, 4.69) is 0 Å². The predicted octanol–water partition coefficient (Wildman–Crippen LogP) is 0.320. The van der Waals surface area contributed by atoms with Gasteiger partial charge in [-0.15, -0.1) is 0 Å². The smallest absolute Gasteiger partial charge is 0.146 e. The molecule has 5 nitrogen and oxygen atoms in total. The minimum atomic E-state index is -0.865. The SMILES string of the molecule is CC(O)C(C)(OC(C)(C(C)O)N(C)C)N(C)C. The van der Waals surface area contributed by atoms with Crippen molar-refractivity contribution in [1.82, 2.24) is 9.80 Å². The van der Waals surface area contributed by atoms with Gasteiger partial charge in [0.25, 0.3) is 0 Å². The number of likely N-dealkylation sites (N-methyl/N-ethyl adjacent to an activating group) is 2. The molecule has 104 valence electrons. The van der Waals surface area contributed by atoms with Crippen molar-refractivity contribution in [3.8, 4) is 0 Å². The first-order chi connectivity index (χ1) is 7.48. The largest absolute Gasteiger partial charge is 0.389 e. The second-order valence-electron chi connectivity index (χ2n) is 5.35. The molecule has 0 aliphatic rings. The minimum absolute atomic E-state index is 0.685. The molecule has 0 aliphatic carbocycles. The molecule has 0 spiro atoms. The molecule has 0 aromatic rings. The third-order valence-electron chi connectivity index (χ3n) is 3.74. The van der Waals surface area contributed by atoms with E-state index >= 15 is 0 Å². The molecule has 0 aromatic carbocycles. The van der Waals surface area contributed by atoms with Gasteiger partial charge in [0.05, 0.1) is 12.2 Å². The van der Waals surface area contributed by atoms with Gasteiger partial charge in [0.1, 0.15) is 11.4 Å². The van der Waals surface area contributed by atoms with Crippen LogP contribution in [0, 0.1) is 0 Å². The van der Waals surface area contributed by atoms with Gasteiger partial charge in [0, 0.05) is 0 Å². The van der Waals surface area contributed by atoms with E-state index in [9.17, 15) is 10.2 Å². The van der Waals surface area contributed by atoms with Crippen molar-refractivity contribution in [1.29, 1.82) is 0 Å². The monoisotopic (exact) mass is 248 g/mol. The van der Waals surface area contributed by atoms with E-state index in [1.807, 2.05) is 51.8 Å². The molecule has 0 saturated carbocycles. The van der Waals surface area contributed by atoms with Gasteiger partial charge < -0.3 is 14.9 Å². The normalized spacial score (nSPS) is 23.3. The molecule has 0 heterocycles. The van der Waals surface area contributed by atoms with Crippen LogP contribution in [0.25, 0.3) is 0 Å². The van der Waals surface area contributed by atoms with Crippen LogP contribution in [0.4, 0.5) is 0 Å². The van der Waals surface area contributed by atoms with Crippen molar-refractivity contribution < 1.29 is 14.9 Å². The van der Waals surface area contributed by atoms with Crippen molar-refractivity contribution in [3.63, 3.8) is 0 Å². The molecule has 5 heteroatoms. The number of rotatable bonds is 6. The topological polar surface area (TPSA) is 56.2 Å². The lowest BCUT2D eigenvalue weighted by molar-refractivity contribution is -0.300. The highest BCUT2D eigenvalue weighted by molar-refractivity contribution is 4.87. The summed E-state index contributed by atoms with van der Waals surface area (Å²) in [6.07, 6.45) is -1.37. The van der Waals surface area contributed by atoms with Crippen LogP contribution < -0.4 is 0 Å². The summed E-state index contributed by atoms with van der Waals surface area (Å²) < 4.78 is 6.02. The Hall–Kier alpha value is -0.200. The Morgan fingerprint density at radius 2 is 1.06 bits per heavy atom. The number of hydrogen-bond donors (Lipinski definition) is 2. The van der Waals surface area contributed by atoms with Gasteiger partial charge in [-0.2, -0.15) is 0 Å². The summed E-state index contributed by atoms with van der Waals surface area (Å²) in [4.78, 5) is 3.61. The van der Waals surface area contributed by atoms with Gasteiger partial charge in [-0.3, -0.25) is 9.80 Å². The molecular formula is C12H28N2O3.